The largest absolute Gasteiger partial charge is 0.495 e. The fraction of sp³-hybridized carbons (Fsp3) is 0.316. The van der Waals surface area contributed by atoms with Gasteiger partial charge in [0.1, 0.15) is 29.9 Å². The molecule has 2 aromatic heterocycles. The molecule has 1 N–H and O–H groups in total. The van der Waals surface area contributed by atoms with Crippen LogP contribution in [-0.2, 0) is 9.47 Å². The number of nitrogens with one attached hydrogen (secondary N) is 1. The monoisotopic (exact) mass is 378 g/mol. The molecule has 27 heavy (non-hydrogen) atoms. The van der Waals surface area contributed by atoms with Gasteiger partial charge in [0.15, 0.2) is 11.6 Å². The molecule has 0 radical (unpaired) electrons. The van der Waals surface area contributed by atoms with E-state index in [1.165, 1.54) is 27.4 Å². The number of pyridine rings is 1. The van der Waals surface area contributed by atoms with Gasteiger partial charge in [0.25, 0.3) is 0 Å². The molecule has 0 bridgehead atoms. The number of nitrogens with zero attached hydrogens (tertiary/aromatic N) is 1. The van der Waals surface area contributed by atoms with E-state index in [1.807, 2.05) is 0 Å². The summed E-state index contributed by atoms with van der Waals surface area (Å²) in [4.78, 5) is 7.21. The van der Waals surface area contributed by atoms with Crippen molar-refractivity contribution in [1.29, 1.82) is 0 Å². The highest BCUT2D eigenvalue weighted by atomic mass is 19.1. The van der Waals surface area contributed by atoms with Gasteiger partial charge < -0.3 is 23.9 Å². The molecule has 1 unspecified atom stereocenters. The van der Waals surface area contributed by atoms with Crippen LogP contribution in [0.2, 0.25) is 0 Å². The van der Waals surface area contributed by atoms with E-state index >= 15 is 0 Å². The number of fused-ring (bicyclic) bond motifs is 1. The molecule has 144 valence electrons. The van der Waals surface area contributed by atoms with Crippen molar-refractivity contribution in [3.63, 3.8) is 0 Å². The van der Waals surface area contributed by atoms with Gasteiger partial charge in [-0.2, -0.15) is 0 Å². The van der Waals surface area contributed by atoms with Crippen LogP contribution in [0.1, 0.15) is 17.2 Å². The Morgan fingerprint density at radius 2 is 1.96 bits per heavy atom. The quantitative estimate of drug-likeness (QED) is 0.607. The molecule has 1 atom stereocenters. The number of aromatic amines is 1. The van der Waals surface area contributed by atoms with Crippen molar-refractivity contribution in [2.24, 2.45) is 0 Å². The third-order valence-corrected chi connectivity index (χ3v) is 4.19. The van der Waals surface area contributed by atoms with Crippen LogP contribution in [-0.4, -0.2) is 44.5 Å². The molecule has 0 saturated heterocycles. The summed E-state index contributed by atoms with van der Waals surface area (Å²) in [7, 11) is 4.41. The van der Waals surface area contributed by atoms with Gasteiger partial charge in [0, 0.05) is 31.4 Å². The summed E-state index contributed by atoms with van der Waals surface area (Å²) < 4.78 is 50.4. The summed E-state index contributed by atoms with van der Waals surface area (Å²) in [6, 6.07) is 4.13. The Kier molecular flexibility index (Phi) is 5.88. The Balaban J connectivity index is 2.07. The van der Waals surface area contributed by atoms with Crippen molar-refractivity contribution >= 4 is 11.0 Å². The van der Waals surface area contributed by atoms with Gasteiger partial charge >= 0.3 is 0 Å². The first-order chi connectivity index (χ1) is 13.1. The fourth-order valence-electron chi connectivity index (χ4n) is 2.87. The van der Waals surface area contributed by atoms with Crippen molar-refractivity contribution in [3.8, 4) is 11.5 Å². The lowest BCUT2D eigenvalue weighted by molar-refractivity contribution is 0.126. The molecule has 6 nitrogen and oxygen atoms in total. The minimum atomic E-state index is -1.00. The van der Waals surface area contributed by atoms with Gasteiger partial charge in [-0.3, -0.25) is 0 Å². The Hall–Kier alpha value is -2.71. The van der Waals surface area contributed by atoms with E-state index in [9.17, 15) is 8.78 Å². The molecule has 0 fully saturated rings. The number of halogens is 2. The third-order valence-electron chi connectivity index (χ3n) is 4.19. The van der Waals surface area contributed by atoms with E-state index in [-0.39, 0.29) is 24.5 Å². The number of aromatic nitrogens is 2. The van der Waals surface area contributed by atoms with E-state index in [4.69, 9.17) is 18.9 Å². The van der Waals surface area contributed by atoms with Crippen molar-refractivity contribution in [2.45, 2.75) is 6.10 Å². The zero-order valence-electron chi connectivity index (χ0n) is 15.2. The van der Waals surface area contributed by atoms with Gasteiger partial charge in [0.05, 0.1) is 25.5 Å². The molecule has 8 heteroatoms. The standard InChI is InChI=1S/C19H20F2N2O4/c1-24-6-7-27-15-5-4-14(20)16(17(15)21)18(26-3)13-10-23-19-12(13)8-11(25-2)9-22-19/h4-5,8-10,18H,6-7H2,1-3H3,(H,22,23). The Labute approximate surface area is 155 Å². The first-order valence-electron chi connectivity index (χ1n) is 8.24. The highest BCUT2D eigenvalue weighted by Gasteiger charge is 2.27. The summed E-state index contributed by atoms with van der Waals surface area (Å²) in [6.07, 6.45) is 2.16. The molecule has 0 aliphatic carbocycles. The van der Waals surface area contributed by atoms with Gasteiger partial charge in [0.2, 0.25) is 0 Å². The summed E-state index contributed by atoms with van der Waals surface area (Å²) in [5.41, 5.74) is 0.850. The molecule has 2 heterocycles. The molecule has 0 amide bonds. The first-order valence-corrected chi connectivity index (χ1v) is 8.24. The van der Waals surface area contributed by atoms with Crippen LogP contribution in [0.3, 0.4) is 0 Å². The number of benzene rings is 1. The third kappa shape index (κ3) is 3.72. The van der Waals surface area contributed by atoms with Crippen LogP contribution in [0.25, 0.3) is 11.0 Å². The van der Waals surface area contributed by atoms with E-state index in [1.54, 1.807) is 18.5 Å². The second-order valence-corrected chi connectivity index (χ2v) is 5.75. The molecule has 3 rings (SSSR count). The smallest absolute Gasteiger partial charge is 0.174 e. The lowest BCUT2D eigenvalue weighted by atomic mass is 9.99. The van der Waals surface area contributed by atoms with Crippen LogP contribution in [0.15, 0.2) is 30.6 Å². The number of methoxy groups -OCH3 is 3. The lowest BCUT2D eigenvalue weighted by Gasteiger charge is -2.19. The molecule has 0 aliphatic heterocycles. The SMILES string of the molecule is COCCOc1ccc(F)c(C(OC)c2c[nH]c3ncc(OC)cc23)c1F. The molecular formula is C19H20F2N2O4. The van der Waals surface area contributed by atoms with E-state index in [0.717, 1.165) is 6.07 Å². The van der Waals surface area contributed by atoms with Crippen LogP contribution in [0.4, 0.5) is 8.78 Å². The predicted octanol–water partition coefficient (Wildman–Crippen LogP) is 3.61. The van der Waals surface area contributed by atoms with E-state index < -0.39 is 17.7 Å². The molecule has 0 saturated carbocycles. The number of hydrogen-bond acceptors (Lipinski definition) is 5. The van der Waals surface area contributed by atoms with E-state index in [0.29, 0.717) is 22.3 Å². The van der Waals surface area contributed by atoms with Gasteiger partial charge in [-0.05, 0) is 18.2 Å². The van der Waals surface area contributed by atoms with Crippen LogP contribution < -0.4 is 9.47 Å². The molecule has 0 spiro atoms. The Morgan fingerprint density at radius 3 is 2.67 bits per heavy atom. The minimum Gasteiger partial charge on any atom is -0.495 e. The minimum absolute atomic E-state index is 0.0685. The fourth-order valence-corrected chi connectivity index (χ4v) is 2.87. The van der Waals surface area contributed by atoms with Crippen molar-refractivity contribution < 1.29 is 27.7 Å². The van der Waals surface area contributed by atoms with Crippen LogP contribution in [0, 0.1) is 11.6 Å². The Bertz CT molecular complexity index is 929. The van der Waals surface area contributed by atoms with Crippen molar-refractivity contribution in [1.82, 2.24) is 9.97 Å². The summed E-state index contributed by atoms with van der Waals surface area (Å²) in [6.45, 7) is 0.429. The second kappa shape index (κ2) is 8.32. The molecule has 1 aromatic carbocycles. The van der Waals surface area contributed by atoms with Crippen LogP contribution >= 0.6 is 0 Å². The van der Waals surface area contributed by atoms with Gasteiger partial charge in [-0.15, -0.1) is 0 Å². The molecule has 0 aliphatic rings. The second-order valence-electron chi connectivity index (χ2n) is 5.75. The maximum absolute atomic E-state index is 15.0. The first kappa shape index (κ1) is 19.1. The zero-order valence-corrected chi connectivity index (χ0v) is 15.2. The highest BCUT2D eigenvalue weighted by molar-refractivity contribution is 5.82. The maximum Gasteiger partial charge on any atom is 0.174 e. The number of ether oxygens (including phenoxy) is 4. The highest BCUT2D eigenvalue weighted by Crippen LogP contribution is 2.37. The number of rotatable bonds is 8. The summed E-state index contributed by atoms with van der Waals surface area (Å²) >= 11 is 0. The average molecular weight is 378 g/mol. The summed E-state index contributed by atoms with van der Waals surface area (Å²) in [5.74, 6) is -1.09. The van der Waals surface area contributed by atoms with E-state index in [2.05, 4.69) is 9.97 Å². The molecular weight excluding hydrogens is 358 g/mol. The summed E-state index contributed by atoms with van der Waals surface area (Å²) in [5, 5.41) is 0.644. The lowest BCUT2D eigenvalue weighted by Crippen LogP contribution is -2.11. The van der Waals surface area contributed by atoms with Gasteiger partial charge in [-0.1, -0.05) is 0 Å². The number of H-pyrrole nitrogens is 1. The van der Waals surface area contributed by atoms with Gasteiger partial charge in [-0.25, -0.2) is 13.8 Å². The zero-order chi connectivity index (χ0) is 19.4. The average Bonchev–Trinajstić information content (AvgIpc) is 3.09. The maximum atomic E-state index is 15.0. The normalized spacial score (nSPS) is 12.3. The number of hydrogen-bond donors (Lipinski definition) is 1. The topological polar surface area (TPSA) is 65.6 Å². The van der Waals surface area contributed by atoms with Crippen LogP contribution in [0.5, 0.6) is 11.5 Å². The predicted molar refractivity (Wildman–Crippen MR) is 95.2 cm³/mol. The molecule has 3 aromatic rings. The van der Waals surface area contributed by atoms with Crippen molar-refractivity contribution in [2.75, 3.05) is 34.5 Å². The Morgan fingerprint density at radius 1 is 1.15 bits per heavy atom. The van der Waals surface area contributed by atoms with Crippen molar-refractivity contribution in [3.05, 3.63) is 53.4 Å².